The van der Waals surface area contributed by atoms with Gasteiger partial charge in [-0.25, -0.2) is 0 Å². The van der Waals surface area contributed by atoms with Gasteiger partial charge in [-0.1, -0.05) is 13.8 Å². The molecule has 5 nitrogen and oxygen atoms in total. The Balaban J connectivity index is 2.24. The fourth-order valence-electron chi connectivity index (χ4n) is 1.95. The van der Waals surface area contributed by atoms with Crippen LogP contribution in [0.15, 0.2) is 0 Å². The number of nitrogens with one attached hydrogen (secondary N) is 1. The van der Waals surface area contributed by atoms with Crippen molar-refractivity contribution in [1.29, 1.82) is 0 Å². The molecule has 1 aliphatic rings. The Bertz CT molecular complexity index is 322. The topological polar surface area (TPSA) is 92.4 Å². The number of aliphatic carboxylic acids is 1. The highest BCUT2D eigenvalue weighted by molar-refractivity contribution is 5.85. The van der Waals surface area contributed by atoms with Crippen LogP contribution < -0.4 is 11.1 Å². The van der Waals surface area contributed by atoms with Gasteiger partial charge in [0.1, 0.15) is 0 Å². The van der Waals surface area contributed by atoms with Gasteiger partial charge in [-0.2, -0.15) is 0 Å². The standard InChI is InChI=1S/C13H24N2O3/c1-12(2,4-3-10(16)17)7-8-15-11(18)13(9-14)5-6-13/h3-9,14H2,1-2H3,(H,15,18)(H,16,17). The van der Waals surface area contributed by atoms with Crippen molar-refractivity contribution in [3.05, 3.63) is 0 Å². The summed E-state index contributed by atoms with van der Waals surface area (Å²) in [5, 5.41) is 11.6. The van der Waals surface area contributed by atoms with Crippen molar-refractivity contribution in [2.75, 3.05) is 13.1 Å². The van der Waals surface area contributed by atoms with Gasteiger partial charge in [-0.05, 0) is 31.1 Å². The zero-order chi connectivity index (χ0) is 13.8. The zero-order valence-electron chi connectivity index (χ0n) is 11.3. The molecule has 0 unspecified atom stereocenters. The summed E-state index contributed by atoms with van der Waals surface area (Å²) < 4.78 is 0. The molecule has 0 spiro atoms. The second-order valence-electron chi connectivity index (χ2n) is 6.05. The van der Waals surface area contributed by atoms with Crippen LogP contribution in [0.4, 0.5) is 0 Å². The maximum Gasteiger partial charge on any atom is 0.303 e. The first-order valence-electron chi connectivity index (χ1n) is 6.51. The van der Waals surface area contributed by atoms with E-state index in [9.17, 15) is 9.59 Å². The minimum absolute atomic E-state index is 0.0547. The summed E-state index contributed by atoms with van der Waals surface area (Å²) in [6, 6.07) is 0. The number of hydrogen-bond acceptors (Lipinski definition) is 3. The van der Waals surface area contributed by atoms with Crippen molar-refractivity contribution >= 4 is 11.9 Å². The highest BCUT2D eigenvalue weighted by Crippen LogP contribution is 2.44. The second-order valence-corrected chi connectivity index (χ2v) is 6.05. The summed E-state index contributed by atoms with van der Waals surface area (Å²) in [5.74, 6) is -0.716. The van der Waals surface area contributed by atoms with Crippen molar-refractivity contribution < 1.29 is 14.7 Å². The van der Waals surface area contributed by atoms with Crippen molar-refractivity contribution in [3.8, 4) is 0 Å². The number of rotatable bonds is 8. The first-order valence-corrected chi connectivity index (χ1v) is 6.51. The van der Waals surface area contributed by atoms with Crippen LogP contribution >= 0.6 is 0 Å². The molecule has 0 heterocycles. The molecule has 1 saturated carbocycles. The van der Waals surface area contributed by atoms with Gasteiger partial charge in [0, 0.05) is 19.5 Å². The van der Waals surface area contributed by atoms with E-state index in [0.717, 1.165) is 19.3 Å². The highest BCUT2D eigenvalue weighted by atomic mass is 16.4. The second kappa shape index (κ2) is 5.69. The van der Waals surface area contributed by atoms with Gasteiger partial charge in [-0.3, -0.25) is 9.59 Å². The Hall–Kier alpha value is -1.10. The average molecular weight is 256 g/mol. The van der Waals surface area contributed by atoms with E-state index in [0.29, 0.717) is 19.5 Å². The van der Waals surface area contributed by atoms with E-state index < -0.39 is 5.97 Å². The number of carbonyl (C=O) groups is 2. The summed E-state index contributed by atoms with van der Waals surface area (Å²) in [4.78, 5) is 22.3. The van der Waals surface area contributed by atoms with Gasteiger partial charge in [0.15, 0.2) is 0 Å². The summed E-state index contributed by atoms with van der Waals surface area (Å²) in [6.07, 6.45) is 3.36. The van der Waals surface area contributed by atoms with Crippen LogP contribution in [0.2, 0.25) is 0 Å². The molecule has 1 aliphatic carbocycles. The minimum atomic E-state index is -0.771. The maximum atomic E-state index is 11.8. The maximum absolute atomic E-state index is 11.8. The van der Waals surface area contributed by atoms with Gasteiger partial charge in [0.25, 0.3) is 0 Å². The lowest BCUT2D eigenvalue weighted by atomic mass is 9.84. The Morgan fingerprint density at radius 1 is 1.33 bits per heavy atom. The molecule has 18 heavy (non-hydrogen) atoms. The Kier molecular flexibility index (Phi) is 4.73. The summed E-state index contributed by atoms with van der Waals surface area (Å²) >= 11 is 0. The van der Waals surface area contributed by atoms with Crippen LogP contribution in [0.25, 0.3) is 0 Å². The lowest BCUT2D eigenvalue weighted by Gasteiger charge is -2.24. The fourth-order valence-corrected chi connectivity index (χ4v) is 1.95. The molecule has 0 aromatic heterocycles. The Labute approximate surface area is 108 Å². The van der Waals surface area contributed by atoms with Crippen LogP contribution in [0.3, 0.4) is 0 Å². The van der Waals surface area contributed by atoms with Crippen molar-refractivity contribution in [2.24, 2.45) is 16.6 Å². The molecule has 0 bridgehead atoms. The summed E-state index contributed by atoms with van der Waals surface area (Å²) in [5.41, 5.74) is 5.22. The van der Waals surface area contributed by atoms with Crippen LogP contribution in [0.1, 0.15) is 46.0 Å². The van der Waals surface area contributed by atoms with Crippen molar-refractivity contribution in [1.82, 2.24) is 5.32 Å². The van der Waals surface area contributed by atoms with Gasteiger partial charge >= 0.3 is 5.97 Å². The lowest BCUT2D eigenvalue weighted by Crippen LogP contribution is -2.38. The SMILES string of the molecule is CC(C)(CCNC(=O)C1(CN)CC1)CCC(=O)O. The van der Waals surface area contributed by atoms with Crippen molar-refractivity contribution in [2.45, 2.75) is 46.0 Å². The van der Waals surface area contributed by atoms with Crippen LogP contribution in [-0.2, 0) is 9.59 Å². The molecule has 4 N–H and O–H groups in total. The molecule has 5 heteroatoms. The van der Waals surface area contributed by atoms with E-state index >= 15 is 0 Å². The molecule has 0 radical (unpaired) electrons. The lowest BCUT2D eigenvalue weighted by molar-refractivity contribution is -0.137. The molecule has 0 aromatic carbocycles. The number of nitrogens with two attached hydrogens (primary N) is 1. The molecule has 0 aromatic rings. The van der Waals surface area contributed by atoms with Gasteiger partial charge < -0.3 is 16.2 Å². The summed E-state index contributed by atoms with van der Waals surface area (Å²) in [7, 11) is 0. The van der Waals surface area contributed by atoms with Gasteiger partial charge in [0.2, 0.25) is 5.91 Å². The van der Waals surface area contributed by atoms with E-state index in [1.165, 1.54) is 0 Å². The molecule has 0 aliphatic heterocycles. The third-order valence-corrected chi connectivity index (χ3v) is 3.83. The number of carboxylic acid groups (broad SMARTS) is 1. The van der Waals surface area contributed by atoms with E-state index in [4.69, 9.17) is 10.8 Å². The van der Waals surface area contributed by atoms with E-state index in [2.05, 4.69) is 5.32 Å². The van der Waals surface area contributed by atoms with Gasteiger partial charge in [0.05, 0.1) is 5.41 Å². The van der Waals surface area contributed by atoms with E-state index in [-0.39, 0.29) is 23.2 Å². The molecule has 104 valence electrons. The summed E-state index contributed by atoms with van der Waals surface area (Å²) in [6.45, 7) is 5.06. The van der Waals surface area contributed by atoms with Crippen LogP contribution in [0, 0.1) is 10.8 Å². The molecule has 1 rings (SSSR count). The third-order valence-electron chi connectivity index (χ3n) is 3.83. The minimum Gasteiger partial charge on any atom is -0.481 e. The smallest absolute Gasteiger partial charge is 0.303 e. The largest absolute Gasteiger partial charge is 0.481 e. The Morgan fingerprint density at radius 3 is 2.39 bits per heavy atom. The van der Waals surface area contributed by atoms with E-state index in [1.807, 2.05) is 13.8 Å². The molecule has 0 atom stereocenters. The number of carbonyl (C=O) groups excluding carboxylic acids is 1. The molecule has 0 saturated heterocycles. The first kappa shape index (κ1) is 15.0. The predicted molar refractivity (Wildman–Crippen MR) is 69.0 cm³/mol. The third kappa shape index (κ3) is 4.29. The van der Waals surface area contributed by atoms with Crippen molar-refractivity contribution in [3.63, 3.8) is 0 Å². The predicted octanol–water partition coefficient (Wildman–Crippen LogP) is 1.12. The quantitative estimate of drug-likeness (QED) is 0.607. The highest BCUT2D eigenvalue weighted by Gasteiger charge is 2.48. The number of amides is 1. The van der Waals surface area contributed by atoms with E-state index in [1.54, 1.807) is 0 Å². The van der Waals surface area contributed by atoms with Crippen LogP contribution in [0.5, 0.6) is 0 Å². The number of carboxylic acids is 1. The normalized spacial score (nSPS) is 17.3. The molecule has 1 amide bonds. The molecular weight excluding hydrogens is 232 g/mol. The zero-order valence-corrected chi connectivity index (χ0v) is 11.3. The van der Waals surface area contributed by atoms with Gasteiger partial charge in [-0.15, -0.1) is 0 Å². The monoisotopic (exact) mass is 256 g/mol. The molecule has 1 fully saturated rings. The first-order chi connectivity index (χ1) is 8.31. The Morgan fingerprint density at radius 2 is 1.94 bits per heavy atom. The van der Waals surface area contributed by atoms with Crippen LogP contribution in [-0.4, -0.2) is 30.1 Å². The number of hydrogen-bond donors (Lipinski definition) is 3. The fraction of sp³-hybridized carbons (Fsp3) is 0.846. The average Bonchev–Trinajstić information content (AvgIpc) is 3.07. The molecular formula is C13H24N2O3.